The Kier molecular flexibility index (Phi) is 33.9. The molecule has 0 bridgehead atoms. The Bertz CT molecular complexity index is 787. The average Bonchev–Trinajstić information content (AvgIpc) is 3.05. The van der Waals surface area contributed by atoms with Crippen molar-refractivity contribution in [2.45, 2.75) is 193 Å². The number of rotatable bonds is 34. The molecule has 0 spiro atoms. The number of allylic oxidation sites excluding steroid dienone is 4. The van der Waals surface area contributed by atoms with Crippen LogP contribution >= 0.6 is 0 Å². The van der Waals surface area contributed by atoms with E-state index in [0.717, 1.165) is 70.1 Å². The third-order valence-electron chi connectivity index (χ3n) is 8.40. The van der Waals surface area contributed by atoms with Crippen molar-refractivity contribution in [1.82, 2.24) is 0 Å². The van der Waals surface area contributed by atoms with Crippen LogP contribution in [0.15, 0.2) is 36.5 Å². The minimum Gasteiger partial charge on any atom is -0.463 e. The second-order valence-corrected chi connectivity index (χ2v) is 13.7. The van der Waals surface area contributed by atoms with Crippen molar-refractivity contribution in [2.24, 2.45) is 5.92 Å². The van der Waals surface area contributed by atoms with Gasteiger partial charge in [-0.05, 0) is 44.4 Å². The van der Waals surface area contributed by atoms with E-state index in [4.69, 9.17) is 9.47 Å². The molecule has 0 aromatic heterocycles. The molecule has 47 heavy (non-hydrogen) atoms. The fourth-order valence-corrected chi connectivity index (χ4v) is 5.42. The van der Waals surface area contributed by atoms with E-state index in [9.17, 15) is 19.8 Å². The quantitative estimate of drug-likeness (QED) is 0.0308. The van der Waals surface area contributed by atoms with E-state index in [-0.39, 0.29) is 25.2 Å². The van der Waals surface area contributed by atoms with Crippen LogP contribution in [0, 0.1) is 5.92 Å². The molecule has 0 rings (SSSR count). The van der Waals surface area contributed by atoms with Crippen molar-refractivity contribution >= 4 is 11.9 Å². The van der Waals surface area contributed by atoms with E-state index in [2.05, 4.69) is 32.9 Å². The molecule has 0 aliphatic heterocycles. The molecule has 2 N–H and O–H groups in total. The summed E-state index contributed by atoms with van der Waals surface area (Å²) in [6, 6.07) is 0. The SMILES string of the molecule is CC/C=C/CC(O)/C=C/C=C/CCCCCCCC(=O)OC[C@H](O)COC(=O)CCCCCCCCCCCCCCCCC(C)C. The van der Waals surface area contributed by atoms with E-state index in [1.807, 2.05) is 24.3 Å². The molecule has 6 heteroatoms. The molecule has 274 valence electrons. The highest BCUT2D eigenvalue weighted by atomic mass is 16.6. The Morgan fingerprint density at radius 3 is 1.49 bits per heavy atom. The van der Waals surface area contributed by atoms with Gasteiger partial charge in [0.05, 0.1) is 6.10 Å². The lowest BCUT2D eigenvalue weighted by atomic mass is 10.0. The molecule has 0 radical (unpaired) electrons. The van der Waals surface area contributed by atoms with Gasteiger partial charge in [0.2, 0.25) is 0 Å². The molecule has 0 aliphatic carbocycles. The van der Waals surface area contributed by atoms with Crippen molar-refractivity contribution in [3.63, 3.8) is 0 Å². The Labute approximate surface area is 289 Å². The van der Waals surface area contributed by atoms with Gasteiger partial charge in [-0.2, -0.15) is 0 Å². The first-order chi connectivity index (χ1) is 22.8. The first-order valence-corrected chi connectivity index (χ1v) is 19.5. The van der Waals surface area contributed by atoms with Crippen molar-refractivity contribution < 1.29 is 29.3 Å². The van der Waals surface area contributed by atoms with E-state index in [1.165, 1.54) is 77.0 Å². The van der Waals surface area contributed by atoms with Crippen molar-refractivity contribution in [3.8, 4) is 0 Å². The highest BCUT2D eigenvalue weighted by Crippen LogP contribution is 2.15. The zero-order valence-electron chi connectivity index (χ0n) is 30.8. The van der Waals surface area contributed by atoms with Crippen LogP contribution in [0.3, 0.4) is 0 Å². The highest BCUT2D eigenvalue weighted by molar-refractivity contribution is 5.69. The predicted octanol–water partition coefficient (Wildman–Crippen LogP) is 10.9. The lowest BCUT2D eigenvalue weighted by Gasteiger charge is -2.12. The van der Waals surface area contributed by atoms with Gasteiger partial charge in [-0.15, -0.1) is 0 Å². The zero-order chi connectivity index (χ0) is 34.6. The fourth-order valence-electron chi connectivity index (χ4n) is 5.42. The summed E-state index contributed by atoms with van der Waals surface area (Å²) in [5.74, 6) is 0.232. The number of hydrogen-bond acceptors (Lipinski definition) is 6. The average molecular weight is 663 g/mol. The first-order valence-electron chi connectivity index (χ1n) is 19.5. The lowest BCUT2D eigenvalue weighted by Crippen LogP contribution is -2.25. The molecular weight excluding hydrogens is 588 g/mol. The predicted molar refractivity (Wildman–Crippen MR) is 197 cm³/mol. The monoisotopic (exact) mass is 663 g/mol. The van der Waals surface area contributed by atoms with Crippen LogP contribution in [0.5, 0.6) is 0 Å². The van der Waals surface area contributed by atoms with E-state index in [1.54, 1.807) is 0 Å². The normalized spacial score (nSPS) is 13.3. The van der Waals surface area contributed by atoms with E-state index in [0.29, 0.717) is 19.3 Å². The molecule has 0 aliphatic rings. The maximum Gasteiger partial charge on any atom is 0.305 e. The third-order valence-corrected chi connectivity index (χ3v) is 8.40. The molecule has 0 saturated heterocycles. The van der Waals surface area contributed by atoms with Crippen LogP contribution in [0.4, 0.5) is 0 Å². The minimum absolute atomic E-state index is 0.134. The summed E-state index contributed by atoms with van der Waals surface area (Å²) >= 11 is 0. The minimum atomic E-state index is -0.985. The number of carbonyl (C=O) groups excluding carboxylic acids is 2. The second-order valence-electron chi connectivity index (χ2n) is 13.7. The van der Waals surface area contributed by atoms with Crippen molar-refractivity contribution in [3.05, 3.63) is 36.5 Å². The van der Waals surface area contributed by atoms with E-state index < -0.39 is 12.2 Å². The molecule has 1 unspecified atom stereocenters. The Balaban J connectivity index is 3.49. The van der Waals surface area contributed by atoms with Crippen molar-refractivity contribution in [2.75, 3.05) is 13.2 Å². The van der Waals surface area contributed by atoms with Gasteiger partial charge in [0, 0.05) is 12.8 Å². The summed E-state index contributed by atoms with van der Waals surface area (Å²) < 4.78 is 10.3. The largest absolute Gasteiger partial charge is 0.463 e. The third kappa shape index (κ3) is 36.8. The number of esters is 2. The summed E-state index contributed by atoms with van der Waals surface area (Å²) in [5.41, 5.74) is 0. The molecule has 0 fully saturated rings. The fraction of sp³-hybridized carbons (Fsp3) is 0.805. The summed E-state index contributed by atoms with van der Waals surface area (Å²) in [7, 11) is 0. The van der Waals surface area contributed by atoms with Crippen LogP contribution in [0.1, 0.15) is 181 Å². The molecule has 0 aromatic rings. The number of carbonyl (C=O) groups is 2. The van der Waals surface area contributed by atoms with Crippen LogP contribution in [-0.2, 0) is 19.1 Å². The summed E-state index contributed by atoms with van der Waals surface area (Å²) in [6.45, 7) is 6.42. The molecule has 0 amide bonds. The Morgan fingerprint density at radius 1 is 0.574 bits per heavy atom. The van der Waals surface area contributed by atoms with Gasteiger partial charge in [0.1, 0.15) is 19.3 Å². The zero-order valence-corrected chi connectivity index (χ0v) is 30.8. The van der Waals surface area contributed by atoms with Crippen molar-refractivity contribution in [1.29, 1.82) is 0 Å². The van der Waals surface area contributed by atoms with Crippen LogP contribution < -0.4 is 0 Å². The number of ether oxygens (including phenoxy) is 2. The summed E-state index contributed by atoms with van der Waals surface area (Å²) in [5, 5.41) is 19.8. The number of unbranched alkanes of at least 4 members (excludes halogenated alkanes) is 18. The van der Waals surface area contributed by atoms with Crippen LogP contribution in [0.25, 0.3) is 0 Å². The van der Waals surface area contributed by atoms with Gasteiger partial charge in [-0.1, -0.05) is 166 Å². The maximum atomic E-state index is 12.0. The van der Waals surface area contributed by atoms with Gasteiger partial charge in [0.15, 0.2) is 0 Å². The molecular formula is C41H74O6. The number of aliphatic hydroxyl groups excluding tert-OH is 2. The van der Waals surface area contributed by atoms with Crippen LogP contribution in [0.2, 0.25) is 0 Å². The first kappa shape index (κ1) is 45.1. The van der Waals surface area contributed by atoms with Gasteiger partial charge in [-0.25, -0.2) is 0 Å². The van der Waals surface area contributed by atoms with Crippen LogP contribution in [-0.4, -0.2) is 47.6 Å². The van der Waals surface area contributed by atoms with E-state index >= 15 is 0 Å². The smallest absolute Gasteiger partial charge is 0.305 e. The molecule has 2 atom stereocenters. The lowest BCUT2D eigenvalue weighted by molar-refractivity contribution is -0.152. The van der Waals surface area contributed by atoms with Gasteiger partial charge in [0.25, 0.3) is 0 Å². The molecule has 0 saturated carbocycles. The van der Waals surface area contributed by atoms with Gasteiger partial charge < -0.3 is 19.7 Å². The summed E-state index contributed by atoms with van der Waals surface area (Å²) in [6.07, 6.45) is 38.2. The maximum absolute atomic E-state index is 12.0. The Hall–Kier alpha value is -1.92. The second kappa shape index (κ2) is 35.4. The van der Waals surface area contributed by atoms with Gasteiger partial charge >= 0.3 is 11.9 Å². The van der Waals surface area contributed by atoms with Gasteiger partial charge in [-0.3, -0.25) is 9.59 Å². The summed E-state index contributed by atoms with van der Waals surface area (Å²) in [4.78, 5) is 23.9. The molecule has 0 aromatic carbocycles. The Morgan fingerprint density at radius 2 is 1.02 bits per heavy atom. The molecule has 0 heterocycles. The topological polar surface area (TPSA) is 93.1 Å². The molecule has 6 nitrogen and oxygen atoms in total. The number of aliphatic hydroxyl groups is 2. The number of hydrogen-bond donors (Lipinski definition) is 2. The highest BCUT2D eigenvalue weighted by Gasteiger charge is 2.12. The standard InChI is InChI=1S/C41H74O6/c1-4-5-25-31-38(42)32-27-22-18-14-12-16-20-24-29-34-41(45)47-36-39(43)35-46-40(44)33-28-23-19-15-11-9-7-6-8-10-13-17-21-26-30-37(2)3/h5,18,22,25,27,32,37-39,42-43H,4,6-17,19-21,23-24,26,28-31,33-36H2,1-3H3/b22-18+,25-5+,32-27+/t38?,39-/m1/s1.